The van der Waals surface area contributed by atoms with E-state index in [1.165, 1.54) is 12.0 Å². The maximum absolute atomic E-state index is 11.8. The van der Waals surface area contributed by atoms with Crippen LogP contribution in [0, 0.1) is 0 Å². The van der Waals surface area contributed by atoms with Gasteiger partial charge in [-0.25, -0.2) is 4.79 Å². The summed E-state index contributed by atoms with van der Waals surface area (Å²) in [7, 11) is 1.25. The van der Waals surface area contributed by atoms with Crippen molar-refractivity contribution in [3.05, 3.63) is 65.1 Å². The molecule has 1 aliphatic heterocycles. The number of benzene rings is 2. The van der Waals surface area contributed by atoms with Crippen LogP contribution in [0.25, 0.3) is 11.1 Å². The van der Waals surface area contributed by atoms with Crippen LogP contribution in [-0.4, -0.2) is 36.6 Å². The predicted octanol–water partition coefficient (Wildman–Crippen LogP) is 3.69. The Labute approximate surface area is 171 Å². The summed E-state index contributed by atoms with van der Waals surface area (Å²) in [5.41, 5.74) is 3.09. The summed E-state index contributed by atoms with van der Waals surface area (Å²) < 4.78 is 4.52. The Morgan fingerprint density at radius 2 is 1.96 bits per heavy atom. The number of carbonyl (C=O) groups is 2. The molecule has 1 saturated heterocycles. The maximum atomic E-state index is 11.8. The van der Waals surface area contributed by atoms with Gasteiger partial charge < -0.3 is 4.74 Å². The van der Waals surface area contributed by atoms with Gasteiger partial charge in [0.25, 0.3) is 5.91 Å². The fourth-order valence-electron chi connectivity index (χ4n) is 2.37. The van der Waals surface area contributed by atoms with Crippen LogP contribution in [-0.2, 0) is 14.3 Å². The quantitative estimate of drug-likeness (QED) is 0.267. The molecule has 8 heteroatoms. The highest BCUT2D eigenvalue weighted by Crippen LogP contribution is 2.24. The lowest BCUT2D eigenvalue weighted by atomic mass is 10.0. The van der Waals surface area contributed by atoms with Crippen LogP contribution < -0.4 is 5.32 Å². The Bertz CT molecular complexity index is 982. The molecule has 1 heterocycles. The third-order valence-electron chi connectivity index (χ3n) is 3.77. The number of amidine groups is 1. The van der Waals surface area contributed by atoms with Crippen LogP contribution in [0.1, 0.15) is 5.56 Å². The fraction of sp³-hybridized carbons (Fsp3) is 0.100. The number of hydrogen-bond donors (Lipinski definition) is 1. The molecule has 0 aliphatic carbocycles. The van der Waals surface area contributed by atoms with Crippen molar-refractivity contribution < 1.29 is 14.3 Å². The summed E-state index contributed by atoms with van der Waals surface area (Å²) in [6.45, 7) is 0. The molecule has 0 aromatic heterocycles. The average Bonchev–Trinajstić information content (AvgIpc) is 3.07. The predicted molar refractivity (Wildman–Crippen MR) is 115 cm³/mol. The molecule has 28 heavy (non-hydrogen) atoms. The van der Waals surface area contributed by atoms with Crippen molar-refractivity contribution in [3.8, 4) is 11.1 Å². The monoisotopic (exact) mass is 411 g/mol. The van der Waals surface area contributed by atoms with Crippen molar-refractivity contribution >= 4 is 46.8 Å². The van der Waals surface area contributed by atoms with Crippen molar-refractivity contribution in [1.82, 2.24) is 5.32 Å². The second-order valence-electron chi connectivity index (χ2n) is 5.59. The Morgan fingerprint density at radius 1 is 1.18 bits per heavy atom. The Morgan fingerprint density at radius 3 is 2.68 bits per heavy atom. The van der Waals surface area contributed by atoms with Crippen molar-refractivity contribution in [2.45, 2.75) is 4.90 Å². The van der Waals surface area contributed by atoms with Gasteiger partial charge in [0.1, 0.15) is 0 Å². The molecule has 0 unspecified atom stereocenters. The van der Waals surface area contributed by atoms with E-state index in [4.69, 9.17) is 0 Å². The van der Waals surface area contributed by atoms with Crippen LogP contribution in [0.5, 0.6) is 0 Å². The van der Waals surface area contributed by atoms with E-state index in [-0.39, 0.29) is 4.91 Å². The van der Waals surface area contributed by atoms with Gasteiger partial charge in [-0.3, -0.25) is 10.1 Å². The standard InChI is InChI=1S/C20H17N3O3S2/c1-26-18(24)11-17-19(25)22-20(28-17)23-21-12-13-4-3-5-15(10-13)14-6-8-16(27-2)9-7-14/h3-12H,1-2H3,(H,22,23,25)/b17-11+,21-12?. The number of nitrogens with one attached hydrogen (secondary N) is 1. The van der Waals surface area contributed by atoms with Crippen molar-refractivity contribution in [1.29, 1.82) is 0 Å². The SMILES string of the molecule is COC(=O)/C=C1/S/C(=N\N=Cc2cccc(-c3ccc(SC)cc3)c2)NC1=O. The number of nitrogens with zero attached hydrogens (tertiary/aromatic N) is 2. The third kappa shape index (κ3) is 5.11. The molecule has 0 atom stereocenters. The number of methoxy groups -OCH3 is 1. The van der Waals surface area contributed by atoms with Gasteiger partial charge >= 0.3 is 5.97 Å². The zero-order valence-electron chi connectivity index (χ0n) is 15.2. The van der Waals surface area contributed by atoms with E-state index in [1.807, 2.05) is 30.5 Å². The molecule has 142 valence electrons. The summed E-state index contributed by atoms with van der Waals surface area (Å²) in [5, 5.41) is 10.9. The van der Waals surface area contributed by atoms with Gasteiger partial charge in [0.2, 0.25) is 0 Å². The lowest BCUT2D eigenvalue weighted by Crippen LogP contribution is -2.19. The van der Waals surface area contributed by atoms with Crippen LogP contribution in [0.2, 0.25) is 0 Å². The van der Waals surface area contributed by atoms with E-state index in [0.29, 0.717) is 5.17 Å². The van der Waals surface area contributed by atoms with E-state index in [1.54, 1.807) is 18.0 Å². The van der Waals surface area contributed by atoms with Crippen LogP contribution in [0.3, 0.4) is 0 Å². The normalized spacial score (nSPS) is 16.7. The van der Waals surface area contributed by atoms with Gasteiger partial charge in [-0.1, -0.05) is 30.3 Å². The molecule has 0 saturated carbocycles. The van der Waals surface area contributed by atoms with Crippen molar-refractivity contribution in [2.24, 2.45) is 10.2 Å². The zero-order chi connectivity index (χ0) is 19.9. The molecule has 1 aliphatic rings. The number of ether oxygens (including phenoxy) is 1. The minimum absolute atomic E-state index is 0.219. The molecule has 2 aromatic rings. The van der Waals surface area contributed by atoms with Crippen LogP contribution >= 0.6 is 23.5 Å². The average molecular weight is 412 g/mol. The van der Waals surface area contributed by atoms with Gasteiger partial charge in [-0.05, 0) is 52.9 Å². The highest BCUT2D eigenvalue weighted by molar-refractivity contribution is 8.18. The van der Waals surface area contributed by atoms with E-state index < -0.39 is 11.9 Å². The smallest absolute Gasteiger partial charge is 0.331 e. The van der Waals surface area contributed by atoms with E-state index in [0.717, 1.165) is 34.5 Å². The molecule has 0 radical (unpaired) electrons. The molecule has 1 fully saturated rings. The first-order chi connectivity index (χ1) is 13.6. The maximum Gasteiger partial charge on any atom is 0.331 e. The Hall–Kier alpha value is -2.84. The minimum Gasteiger partial charge on any atom is -0.466 e. The highest BCUT2D eigenvalue weighted by Gasteiger charge is 2.24. The summed E-state index contributed by atoms with van der Waals surface area (Å²) in [6.07, 6.45) is 4.78. The summed E-state index contributed by atoms with van der Waals surface area (Å²) >= 11 is 2.74. The first-order valence-electron chi connectivity index (χ1n) is 8.23. The Balaban J connectivity index is 1.71. The second-order valence-corrected chi connectivity index (χ2v) is 7.50. The first-order valence-corrected chi connectivity index (χ1v) is 10.3. The van der Waals surface area contributed by atoms with Gasteiger partial charge in [0.05, 0.1) is 18.2 Å². The molecular formula is C20H17N3O3S2. The molecule has 0 bridgehead atoms. The van der Waals surface area contributed by atoms with Crippen LogP contribution in [0.15, 0.2) is 74.6 Å². The highest BCUT2D eigenvalue weighted by atomic mass is 32.2. The molecule has 1 N–H and O–H groups in total. The fourth-order valence-corrected chi connectivity index (χ4v) is 3.52. The molecule has 3 rings (SSSR count). The first kappa shape index (κ1) is 19.9. The second kappa shape index (κ2) is 9.38. The summed E-state index contributed by atoms with van der Waals surface area (Å²) in [5.74, 6) is -0.996. The number of esters is 1. The van der Waals surface area contributed by atoms with Crippen molar-refractivity contribution in [3.63, 3.8) is 0 Å². The van der Waals surface area contributed by atoms with Gasteiger partial charge in [-0.2, -0.15) is 5.10 Å². The van der Waals surface area contributed by atoms with Gasteiger partial charge in [-0.15, -0.1) is 16.9 Å². The molecule has 6 nitrogen and oxygen atoms in total. The number of rotatable bonds is 5. The Kier molecular flexibility index (Phi) is 6.67. The number of hydrogen-bond acceptors (Lipinski definition) is 7. The summed E-state index contributed by atoms with van der Waals surface area (Å²) in [6, 6.07) is 16.3. The van der Waals surface area contributed by atoms with Crippen LogP contribution in [0.4, 0.5) is 0 Å². The van der Waals surface area contributed by atoms with Gasteiger partial charge in [0, 0.05) is 11.0 Å². The molecule has 0 spiro atoms. The number of amides is 1. The topological polar surface area (TPSA) is 80.1 Å². The van der Waals surface area contributed by atoms with E-state index >= 15 is 0 Å². The zero-order valence-corrected chi connectivity index (χ0v) is 16.8. The minimum atomic E-state index is -0.593. The molecular weight excluding hydrogens is 394 g/mol. The number of carbonyl (C=O) groups excluding carboxylic acids is 2. The van der Waals surface area contributed by atoms with E-state index in [9.17, 15) is 9.59 Å². The third-order valence-corrected chi connectivity index (χ3v) is 5.41. The number of thioether (sulfide) groups is 2. The van der Waals surface area contributed by atoms with E-state index in [2.05, 4.69) is 44.5 Å². The largest absolute Gasteiger partial charge is 0.466 e. The van der Waals surface area contributed by atoms with Gasteiger partial charge in [0.15, 0.2) is 5.17 Å². The molecule has 2 aromatic carbocycles. The molecule has 1 amide bonds. The van der Waals surface area contributed by atoms with Crippen molar-refractivity contribution in [2.75, 3.05) is 13.4 Å². The lowest BCUT2D eigenvalue weighted by molar-refractivity contribution is -0.135. The lowest BCUT2D eigenvalue weighted by Gasteiger charge is -2.04. The summed E-state index contributed by atoms with van der Waals surface area (Å²) in [4.78, 5) is 24.5.